The number of imide groups is 1. The van der Waals surface area contributed by atoms with E-state index in [4.69, 9.17) is 11.6 Å². The number of benzene rings is 1. The topological polar surface area (TPSA) is 54.5 Å². The van der Waals surface area contributed by atoms with Crippen LogP contribution in [0.15, 0.2) is 24.3 Å². The summed E-state index contributed by atoms with van der Waals surface area (Å²) < 4.78 is 0. The predicted molar refractivity (Wildman–Crippen MR) is 104 cm³/mol. The number of unbranched alkanes of at least 4 members (excludes halogenated alkanes) is 3. The van der Waals surface area contributed by atoms with Gasteiger partial charge in [-0.3, -0.25) is 19.3 Å². The molecule has 0 saturated carbocycles. The highest BCUT2D eigenvalue weighted by atomic mass is 35.5. The van der Waals surface area contributed by atoms with Crippen molar-refractivity contribution in [1.82, 2.24) is 0 Å². The Morgan fingerprint density at radius 1 is 1.19 bits per heavy atom. The van der Waals surface area contributed by atoms with Crippen LogP contribution < -0.4 is 4.90 Å². The van der Waals surface area contributed by atoms with Gasteiger partial charge in [-0.1, -0.05) is 57.2 Å². The van der Waals surface area contributed by atoms with Crippen molar-refractivity contribution < 1.29 is 14.4 Å². The molecule has 2 rings (SSSR count). The van der Waals surface area contributed by atoms with Gasteiger partial charge in [0.2, 0.25) is 11.8 Å². The fourth-order valence-electron chi connectivity index (χ4n) is 3.60. The Hall–Kier alpha value is -1.68. The molecule has 0 bridgehead atoms. The number of halogens is 1. The highest BCUT2D eigenvalue weighted by molar-refractivity contribution is 6.31. The van der Waals surface area contributed by atoms with Crippen molar-refractivity contribution in [2.24, 2.45) is 11.8 Å². The average molecular weight is 378 g/mol. The van der Waals surface area contributed by atoms with Crippen LogP contribution in [0.25, 0.3) is 0 Å². The van der Waals surface area contributed by atoms with Crippen molar-refractivity contribution in [3.8, 4) is 0 Å². The molecule has 1 aromatic carbocycles. The lowest BCUT2D eigenvalue weighted by Crippen LogP contribution is -2.34. The zero-order valence-electron chi connectivity index (χ0n) is 15.7. The van der Waals surface area contributed by atoms with E-state index in [0.29, 0.717) is 23.6 Å². The lowest BCUT2D eigenvalue weighted by Gasteiger charge is -2.21. The van der Waals surface area contributed by atoms with Gasteiger partial charge >= 0.3 is 0 Å². The Labute approximate surface area is 160 Å². The van der Waals surface area contributed by atoms with Gasteiger partial charge in [0, 0.05) is 23.8 Å². The molecule has 26 heavy (non-hydrogen) atoms. The second-order valence-electron chi connectivity index (χ2n) is 7.03. The quantitative estimate of drug-likeness (QED) is 0.417. The molecular formula is C21H28ClNO3. The number of ketones is 1. The molecule has 2 unspecified atom stereocenters. The first-order chi connectivity index (χ1) is 12.5. The van der Waals surface area contributed by atoms with Gasteiger partial charge in [-0.05, 0) is 31.0 Å². The normalized spacial score (nSPS) is 18.4. The highest BCUT2D eigenvalue weighted by Crippen LogP contribution is 2.35. The maximum absolute atomic E-state index is 13.0. The van der Waals surface area contributed by atoms with E-state index >= 15 is 0 Å². The van der Waals surface area contributed by atoms with Crippen molar-refractivity contribution in [1.29, 1.82) is 0 Å². The van der Waals surface area contributed by atoms with Gasteiger partial charge in [-0.2, -0.15) is 0 Å². The number of nitrogens with zero attached hydrogens (tertiary/aromatic N) is 1. The van der Waals surface area contributed by atoms with Gasteiger partial charge in [-0.25, -0.2) is 0 Å². The van der Waals surface area contributed by atoms with Crippen molar-refractivity contribution in [3.63, 3.8) is 0 Å². The molecule has 0 aliphatic carbocycles. The van der Waals surface area contributed by atoms with Crippen LogP contribution in [0.1, 0.15) is 65.2 Å². The molecule has 1 aromatic rings. The number of hydrogen-bond acceptors (Lipinski definition) is 3. The standard InChI is InChI=1S/C21H28ClNO3/c1-3-5-7-12-19(24)17(11-6-4-2)18-14-20(25)23(21(18)26)16-10-8-9-15(22)13-16/h8-10,13,17-18H,3-7,11-12,14H2,1-2H3. The van der Waals surface area contributed by atoms with Crippen LogP contribution in [0.4, 0.5) is 5.69 Å². The van der Waals surface area contributed by atoms with E-state index in [1.54, 1.807) is 24.3 Å². The molecule has 1 aliphatic heterocycles. The molecule has 1 aliphatic rings. The molecule has 0 N–H and O–H groups in total. The number of Topliss-reactive ketones (excluding diaryl/α,β-unsaturated/α-hetero) is 1. The lowest BCUT2D eigenvalue weighted by atomic mass is 9.82. The summed E-state index contributed by atoms with van der Waals surface area (Å²) in [6.07, 6.45) is 6.05. The first-order valence-electron chi connectivity index (χ1n) is 9.64. The maximum atomic E-state index is 13.0. The second-order valence-corrected chi connectivity index (χ2v) is 7.47. The molecular weight excluding hydrogens is 350 g/mol. The zero-order chi connectivity index (χ0) is 19.1. The summed E-state index contributed by atoms with van der Waals surface area (Å²) in [5.74, 6) is -1.27. The zero-order valence-corrected chi connectivity index (χ0v) is 16.4. The SMILES string of the molecule is CCCCCC(=O)C(CCCC)C1CC(=O)N(c2cccc(Cl)c2)C1=O. The minimum Gasteiger partial charge on any atom is -0.299 e. The third kappa shape index (κ3) is 4.94. The van der Waals surface area contributed by atoms with Crippen LogP contribution in [0.5, 0.6) is 0 Å². The summed E-state index contributed by atoms with van der Waals surface area (Å²) in [4.78, 5) is 39.5. The molecule has 0 radical (unpaired) electrons. The smallest absolute Gasteiger partial charge is 0.238 e. The lowest BCUT2D eigenvalue weighted by molar-refractivity contribution is -0.131. The molecule has 0 spiro atoms. The van der Waals surface area contributed by atoms with E-state index < -0.39 is 5.92 Å². The van der Waals surface area contributed by atoms with E-state index in [9.17, 15) is 14.4 Å². The Morgan fingerprint density at radius 3 is 2.58 bits per heavy atom. The van der Waals surface area contributed by atoms with Gasteiger partial charge in [0.25, 0.3) is 0 Å². The van der Waals surface area contributed by atoms with E-state index in [2.05, 4.69) is 13.8 Å². The number of anilines is 1. The van der Waals surface area contributed by atoms with Crippen LogP contribution in [0, 0.1) is 11.8 Å². The average Bonchev–Trinajstić information content (AvgIpc) is 2.90. The number of rotatable bonds is 10. The number of carbonyl (C=O) groups is 3. The van der Waals surface area contributed by atoms with Gasteiger partial charge in [0.15, 0.2) is 0 Å². The van der Waals surface area contributed by atoms with Crippen molar-refractivity contribution in [3.05, 3.63) is 29.3 Å². The van der Waals surface area contributed by atoms with Crippen LogP contribution in [0.3, 0.4) is 0 Å². The Kier molecular flexibility index (Phi) is 7.83. The van der Waals surface area contributed by atoms with Crippen molar-refractivity contribution in [2.45, 2.75) is 65.2 Å². The molecule has 1 fully saturated rings. The van der Waals surface area contributed by atoms with Gasteiger partial charge in [-0.15, -0.1) is 0 Å². The van der Waals surface area contributed by atoms with E-state index in [1.165, 1.54) is 4.90 Å². The fourth-order valence-corrected chi connectivity index (χ4v) is 3.79. The van der Waals surface area contributed by atoms with E-state index in [1.807, 2.05) is 0 Å². The summed E-state index contributed by atoms with van der Waals surface area (Å²) >= 11 is 6.00. The first-order valence-corrected chi connectivity index (χ1v) is 10.0. The van der Waals surface area contributed by atoms with Crippen molar-refractivity contribution >= 4 is 34.9 Å². The van der Waals surface area contributed by atoms with Gasteiger partial charge in [0.05, 0.1) is 11.6 Å². The summed E-state index contributed by atoms with van der Waals surface area (Å²) in [5, 5.41) is 0.477. The molecule has 0 aromatic heterocycles. The Morgan fingerprint density at radius 2 is 1.92 bits per heavy atom. The maximum Gasteiger partial charge on any atom is 0.238 e. The van der Waals surface area contributed by atoms with Gasteiger partial charge < -0.3 is 0 Å². The molecule has 2 atom stereocenters. The molecule has 4 nitrogen and oxygen atoms in total. The minimum atomic E-state index is -0.540. The first kappa shape index (κ1) is 20.6. The van der Waals surface area contributed by atoms with Crippen LogP contribution >= 0.6 is 11.6 Å². The third-order valence-corrected chi connectivity index (χ3v) is 5.28. The Balaban J connectivity index is 2.18. The summed E-state index contributed by atoms with van der Waals surface area (Å²) in [5.41, 5.74) is 0.489. The van der Waals surface area contributed by atoms with E-state index in [-0.39, 0.29) is 29.9 Å². The summed E-state index contributed by atoms with van der Waals surface area (Å²) in [6, 6.07) is 6.74. The summed E-state index contributed by atoms with van der Waals surface area (Å²) in [7, 11) is 0. The number of amides is 2. The monoisotopic (exact) mass is 377 g/mol. The Bertz CT molecular complexity index is 658. The number of carbonyl (C=O) groups excluding carboxylic acids is 3. The predicted octanol–water partition coefficient (Wildman–Crippen LogP) is 5.18. The van der Waals surface area contributed by atoms with Crippen LogP contribution in [-0.2, 0) is 14.4 Å². The molecule has 1 saturated heterocycles. The van der Waals surface area contributed by atoms with E-state index in [0.717, 1.165) is 32.1 Å². The largest absolute Gasteiger partial charge is 0.299 e. The van der Waals surface area contributed by atoms with Crippen LogP contribution in [-0.4, -0.2) is 17.6 Å². The summed E-state index contributed by atoms with van der Waals surface area (Å²) in [6.45, 7) is 4.17. The molecule has 142 valence electrons. The molecule has 2 amide bonds. The number of hydrogen-bond donors (Lipinski definition) is 0. The fraction of sp³-hybridized carbons (Fsp3) is 0.571. The second kappa shape index (κ2) is 9.86. The minimum absolute atomic E-state index is 0.110. The molecule has 5 heteroatoms. The van der Waals surface area contributed by atoms with Gasteiger partial charge in [0.1, 0.15) is 5.78 Å². The molecule has 1 heterocycles. The van der Waals surface area contributed by atoms with Crippen molar-refractivity contribution in [2.75, 3.05) is 4.90 Å². The highest BCUT2D eigenvalue weighted by Gasteiger charge is 2.45. The van der Waals surface area contributed by atoms with Crippen LogP contribution in [0.2, 0.25) is 5.02 Å². The third-order valence-electron chi connectivity index (χ3n) is 5.04.